The van der Waals surface area contributed by atoms with Crippen molar-refractivity contribution in [1.82, 2.24) is 15.1 Å². The van der Waals surface area contributed by atoms with E-state index in [1.807, 2.05) is 60.3 Å². The fourth-order valence-electron chi connectivity index (χ4n) is 3.29. The molecule has 6 nitrogen and oxygen atoms in total. The Hall–Kier alpha value is -2.57. The van der Waals surface area contributed by atoms with Gasteiger partial charge in [0.1, 0.15) is 0 Å². The monoisotopic (exact) mass is 414 g/mol. The molecule has 3 amide bonds. The highest BCUT2D eigenvalue weighted by molar-refractivity contribution is 6.30. The van der Waals surface area contributed by atoms with Crippen molar-refractivity contribution in [1.29, 1.82) is 0 Å². The molecule has 29 heavy (non-hydrogen) atoms. The van der Waals surface area contributed by atoms with Crippen LogP contribution in [-0.4, -0.2) is 62.0 Å². The van der Waals surface area contributed by atoms with Crippen LogP contribution in [0.4, 0.5) is 10.5 Å². The quantitative estimate of drug-likeness (QED) is 0.754. The predicted octanol–water partition coefficient (Wildman–Crippen LogP) is 3.46. The fraction of sp³-hybridized carbons (Fsp3) is 0.364. The molecule has 154 valence electrons. The van der Waals surface area contributed by atoms with Crippen molar-refractivity contribution >= 4 is 29.2 Å². The topological polar surface area (TPSA) is 55.9 Å². The van der Waals surface area contributed by atoms with Crippen LogP contribution in [0.25, 0.3) is 0 Å². The Morgan fingerprint density at radius 1 is 1.14 bits per heavy atom. The van der Waals surface area contributed by atoms with Gasteiger partial charge >= 0.3 is 6.03 Å². The third-order valence-electron chi connectivity index (χ3n) is 4.86. The summed E-state index contributed by atoms with van der Waals surface area (Å²) < 4.78 is 0. The second kappa shape index (κ2) is 9.76. The van der Waals surface area contributed by atoms with E-state index in [0.717, 1.165) is 24.2 Å². The molecule has 1 heterocycles. The van der Waals surface area contributed by atoms with E-state index in [1.165, 1.54) is 0 Å². The van der Waals surface area contributed by atoms with Gasteiger partial charge in [0.2, 0.25) is 0 Å². The number of carbonyl (C=O) groups excluding carboxylic acids is 2. The Kier molecular flexibility index (Phi) is 7.12. The van der Waals surface area contributed by atoms with Crippen LogP contribution in [0.3, 0.4) is 0 Å². The van der Waals surface area contributed by atoms with Crippen LogP contribution in [0.15, 0.2) is 48.5 Å². The van der Waals surface area contributed by atoms with Gasteiger partial charge in [0.05, 0.1) is 0 Å². The number of carbonyl (C=O) groups is 2. The van der Waals surface area contributed by atoms with Gasteiger partial charge in [-0.25, -0.2) is 4.79 Å². The lowest BCUT2D eigenvalue weighted by molar-refractivity contribution is 0.0951. The Balaban J connectivity index is 1.68. The van der Waals surface area contributed by atoms with Gasteiger partial charge in [-0.05, 0) is 56.4 Å². The molecule has 2 aromatic carbocycles. The maximum atomic E-state index is 13.0. The summed E-state index contributed by atoms with van der Waals surface area (Å²) in [7, 11) is 3.93. The maximum absolute atomic E-state index is 13.0. The van der Waals surface area contributed by atoms with Crippen molar-refractivity contribution in [2.24, 2.45) is 0 Å². The van der Waals surface area contributed by atoms with Crippen molar-refractivity contribution in [3.8, 4) is 0 Å². The van der Waals surface area contributed by atoms with Crippen molar-refractivity contribution in [3.63, 3.8) is 0 Å². The molecule has 0 atom stereocenters. The van der Waals surface area contributed by atoms with Crippen LogP contribution >= 0.6 is 11.6 Å². The largest absolute Gasteiger partial charge is 0.351 e. The number of halogens is 1. The fourth-order valence-corrected chi connectivity index (χ4v) is 3.41. The lowest BCUT2D eigenvalue weighted by Gasteiger charge is -2.35. The minimum absolute atomic E-state index is 0.0450. The summed E-state index contributed by atoms with van der Waals surface area (Å²) in [5, 5.41) is 3.59. The molecule has 1 aliphatic rings. The molecule has 3 rings (SSSR count). The Bertz CT molecular complexity index is 854. The van der Waals surface area contributed by atoms with Gasteiger partial charge in [0.15, 0.2) is 0 Å². The first-order valence-corrected chi connectivity index (χ1v) is 10.2. The number of urea groups is 1. The number of nitrogens with one attached hydrogen (secondary N) is 1. The molecule has 2 aromatic rings. The zero-order valence-electron chi connectivity index (χ0n) is 16.9. The zero-order chi connectivity index (χ0) is 20.8. The number of rotatable bonds is 7. The number of hydrogen-bond donors (Lipinski definition) is 1. The molecule has 1 aliphatic heterocycles. The van der Waals surface area contributed by atoms with E-state index in [-0.39, 0.29) is 11.9 Å². The third kappa shape index (κ3) is 5.71. The lowest BCUT2D eigenvalue weighted by Crippen LogP contribution is -2.49. The molecule has 1 saturated heterocycles. The summed E-state index contributed by atoms with van der Waals surface area (Å²) in [6.07, 6.45) is 0.874. The smallest absolute Gasteiger partial charge is 0.324 e. The molecule has 0 radical (unpaired) electrons. The molecule has 1 fully saturated rings. The highest BCUT2D eigenvalue weighted by atomic mass is 35.5. The van der Waals surface area contributed by atoms with Gasteiger partial charge in [-0.3, -0.25) is 9.69 Å². The van der Waals surface area contributed by atoms with Gasteiger partial charge in [0, 0.05) is 49.0 Å². The van der Waals surface area contributed by atoms with E-state index in [1.54, 1.807) is 17.0 Å². The summed E-state index contributed by atoms with van der Waals surface area (Å²) >= 11 is 5.95. The highest BCUT2D eigenvalue weighted by Crippen LogP contribution is 2.23. The molecular weight excluding hydrogens is 388 g/mol. The molecule has 0 bridgehead atoms. The van der Waals surface area contributed by atoms with Gasteiger partial charge in [0.25, 0.3) is 5.91 Å². The molecular formula is C22H27ClN4O2. The second-order valence-electron chi connectivity index (χ2n) is 7.45. The summed E-state index contributed by atoms with van der Waals surface area (Å²) in [4.78, 5) is 31.1. The molecule has 0 unspecified atom stereocenters. The molecule has 7 heteroatoms. The molecule has 1 N–H and O–H groups in total. The lowest BCUT2D eigenvalue weighted by atomic mass is 10.1. The minimum Gasteiger partial charge on any atom is -0.351 e. The number of nitrogens with zero attached hydrogens (tertiary/aromatic N) is 3. The van der Waals surface area contributed by atoms with E-state index < -0.39 is 0 Å². The summed E-state index contributed by atoms with van der Waals surface area (Å²) in [6, 6.07) is 14.8. The summed E-state index contributed by atoms with van der Waals surface area (Å²) in [6.45, 7) is 3.24. The van der Waals surface area contributed by atoms with Gasteiger partial charge < -0.3 is 15.1 Å². The number of benzene rings is 2. The molecule has 0 spiro atoms. The van der Waals surface area contributed by atoms with Crippen LogP contribution < -0.4 is 10.2 Å². The van der Waals surface area contributed by atoms with E-state index in [9.17, 15) is 9.59 Å². The van der Waals surface area contributed by atoms with Crippen LogP contribution in [0.5, 0.6) is 0 Å². The first-order chi connectivity index (χ1) is 13.9. The second-order valence-corrected chi connectivity index (χ2v) is 7.88. The maximum Gasteiger partial charge on any atom is 0.324 e. The van der Waals surface area contributed by atoms with E-state index in [0.29, 0.717) is 36.8 Å². The molecule has 0 aliphatic carbocycles. The zero-order valence-corrected chi connectivity index (χ0v) is 17.7. The minimum atomic E-state index is -0.129. The van der Waals surface area contributed by atoms with E-state index >= 15 is 0 Å². The molecule has 0 aromatic heterocycles. The van der Waals surface area contributed by atoms with Crippen LogP contribution in [-0.2, 0) is 6.54 Å². The number of amides is 3. The van der Waals surface area contributed by atoms with E-state index in [2.05, 4.69) is 5.32 Å². The standard InChI is InChI=1S/C22H27ClN4O2/c1-25(2)14-11-24-21(28)18-5-3-6-20(15-18)27-13-4-12-26(22(27)29)16-17-7-9-19(23)10-8-17/h3,5-10,15H,4,11-14,16H2,1-2H3,(H,24,28). The van der Waals surface area contributed by atoms with Gasteiger partial charge in [-0.1, -0.05) is 29.8 Å². The Labute approximate surface area is 177 Å². The predicted molar refractivity (Wildman–Crippen MR) is 117 cm³/mol. The molecule has 0 saturated carbocycles. The van der Waals surface area contributed by atoms with Crippen LogP contribution in [0.1, 0.15) is 22.3 Å². The van der Waals surface area contributed by atoms with E-state index in [4.69, 9.17) is 11.6 Å². The summed E-state index contributed by atoms with van der Waals surface area (Å²) in [5.41, 5.74) is 2.35. The third-order valence-corrected chi connectivity index (χ3v) is 5.11. The number of anilines is 1. The van der Waals surface area contributed by atoms with Crippen molar-refractivity contribution in [2.75, 3.05) is 45.2 Å². The average Bonchev–Trinajstić information content (AvgIpc) is 2.71. The van der Waals surface area contributed by atoms with Gasteiger partial charge in [-0.2, -0.15) is 0 Å². The number of likely N-dealkylation sites (N-methyl/N-ethyl adjacent to an activating group) is 1. The van der Waals surface area contributed by atoms with Crippen LogP contribution in [0, 0.1) is 0 Å². The highest BCUT2D eigenvalue weighted by Gasteiger charge is 2.27. The van der Waals surface area contributed by atoms with Crippen molar-refractivity contribution < 1.29 is 9.59 Å². The SMILES string of the molecule is CN(C)CCNC(=O)c1cccc(N2CCCN(Cc3ccc(Cl)cc3)C2=O)c1. The van der Waals surface area contributed by atoms with Gasteiger partial charge in [-0.15, -0.1) is 0 Å². The van der Waals surface area contributed by atoms with Crippen LogP contribution in [0.2, 0.25) is 5.02 Å². The Morgan fingerprint density at radius 2 is 1.90 bits per heavy atom. The van der Waals surface area contributed by atoms with Crippen molar-refractivity contribution in [2.45, 2.75) is 13.0 Å². The first-order valence-electron chi connectivity index (χ1n) is 9.78. The normalized spacial score (nSPS) is 14.4. The first kappa shape index (κ1) is 21.1. The average molecular weight is 415 g/mol. The van der Waals surface area contributed by atoms with Crippen molar-refractivity contribution in [3.05, 3.63) is 64.7 Å². The number of hydrogen-bond acceptors (Lipinski definition) is 3. The summed E-state index contributed by atoms with van der Waals surface area (Å²) in [5.74, 6) is -0.129. The Morgan fingerprint density at radius 3 is 2.62 bits per heavy atom.